The van der Waals surface area contributed by atoms with Crippen molar-refractivity contribution in [2.45, 2.75) is 27.2 Å². The van der Waals surface area contributed by atoms with Crippen LogP contribution in [0.25, 0.3) is 0 Å². The fourth-order valence-corrected chi connectivity index (χ4v) is 0.852. The molecule has 0 aliphatic rings. The molecule has 2 nitrogen and oxygen atoms in total. The summed E-state index contributed by atoms with van der Waals surface area (Å²) in [7, 11) is 0. The maximum Gasteiger partial charge on any atom is 0.338 e. The van der Waals surface area contributed by atoms with Crippen molar-refractivity contribution in [1.82, 2.24) is 0 Å². The third-order valence-electron chi connectivity index (χ3n) is 1.45. The monoisotopic (exact) mass is 194 g/mol. The van der Waals surface area contributed by atoms with Gasteiger partial charge in [-0.2, -0.15) is 0 Å². The molecule has 0 bridgehead atoms. The first-order valence-electron chi connectivity index (χ1n) is 5.06. The Labute approximate surface area is 85.9 Å². The summed E-state index contributed by atoms with van der Waals surface area (Å²) in [5, 5.41) is 0. The summed E-state index contributed by atoms with van der Waals surface area (Å²) >= 11 is 0. The van der Waals surface area contributed by atoms with Gasteiger partial charge >= 0.3 is 5.97 Å². The molecule has 0 aliphatic carbocycles. The number of hydrogen-bond acceptors (Lipinski definition) is 2. The van der Waals surface area contributed by atoms with E-state index in [1.807, 2.05) is 39.0 Å². The van der Waals surface area contributed by atoms with Gasteiger partial charge in [-0.15, -0.1) is 0 Å². The molecule has 0 aromatic heterocycles. The molecule has 0 saturated carbocycles. The second-order valence-corrected chi connectivity index (χ2v) is 2.50. The van der Waals surface area contributed by atoms with E-state index in [9.17, 15) is 4.79 Å². The Morgan fingerprint density at radius 2 is 1.79 bits per heavy atom. The van der Waals surface area contributed by atoms with E-state index in [1.54, 1.807) is 12.1 Å². The molecule has 0 unspecified atom stereocenters. The van der Waals surface area contributed by atoms with E-state index < -0.39 is 0 Å². The van der Waals surface area contributed by atoms with Crippen LogP contribution in [0.1, 0.15) is 37.6 Å². The first-order valence-corrected chi connectivity index (χ1v) is 5.06. The topological polar surface area (TPSA) is 26.3 Å². The zero-order chi connectivity index (χ0) is 10.8. The molecule has 0 N–H and O–H groups in total. The molecule has 0 heterocycles. The lowest BCUT2D eigenvalue weighted by Gasteiger charge is -2.01. The zero-order valence-electron chi connectivity index (χ0n) is 9.12. The third-order valence-corrected chi connectivity index (χ3v) is 1.45. The summed E-state index contributed by atoms with van der Waals surface area (Å²) in [6.45, 7) is 6.46. The van der Waals surface area contributed by atoms with Crippen LogP contribution in [0, 0.1) is 0 Å². The first-order chi connectivity index (χ1) is 6.84. The van der Waals surface area contributed by atoms with Crippen LogP contribution in [0.4, 0.5) is 0 Å². The van der Waals surface area contributed by atoms with Crippen LogP contribution >= 0.6 is 0 Å². The lowest BCUT2D eigenvalue weighted by atomic mass is 10.2. The zero-order valence-corrected chi connectivity index (χ0v) is 9.12. The highest BCUT2D eigenvalue weighted by molar-refractivity contribution is 5.89. The molecule has 0 aliphatic heterocycles. The van der Waals surface area contributed by atoms with Gasteiger partial charge in [0.05, 0.1) is 12.2 Å². The molecule has 1 rings (SSSR count). The third kappa shape index (κ3) is 4.65. The molecule has 78 valence electrons. The van der Waals surface area contributed by atoms with E-state index in [0.29, 0.717) is 12.2 Å². The standard InChI is InChI=1S/C10H12O2.C2H6/c1-2-8-12-10(11)9-6-4-3-5-7-9;1-2/h3-7H,2,8H2,1H3;1-2H3. The van der Waals surface area contributed by atoms with Gasteiger partial charge in [0.1, 0.15) is 0 Å². The minimum absolute atomic E-state index is 0.238. The summed E-state index contributed by atoms with van der Waals surface area (Å²) in [4.78, 5) is 11.2. The highest BCUT2D eigenvalue weighted by Gasteiger charge is 2.03. The average Bonchev–Trinajstić information content (AvgIpc) is 2.30. The molecule has 0 amide bonds. The molecule has 0 atom stereocenters. The van der Waals surface area contributed by atoms with Gasteiger partial charge in [0.2, 0.25) is 0 Å². The molecule has 0 fully saturated rings. The Hall–Kier alpha value is -1.31. The number of ether oxygens (including phenoxy) is 1. The number of benzene rings is 1. The molecule has 0 saturated heterocycles. The number of carbonyl (C=O) groups is 1. The Kier molecular flexibility index (Phi) is 7.52. The molecular weight excluding hydrogens is 176 g/mol. The predicted octanol–water partition coefficient (Wildman–Crippen LogP) is 3.28. The molecule has 1 aromatic rings. The van der Waals surface area contributed by atoms with E-state index >= 15 is 0 Å². The second-order valence-electron chi connectivity index (χ2n) is 2.50. The Balaban J connectivity index is 0.000000791. The van der Waals surface area contributed by atoms with Crippen molar-refractivity contribution < 1.29 is 9.53 Å². The molecule has 2 heteroatoms. The van der Waals surface area contributed by atoms with Gasteiger partial charge in [-0.1, -0.05) is 39.0 Å². The summed E-state index contributed by atoms with van der Waals surface area (Å²) in [6.07, 6.45) is 0.860. The van der Waals surface area contributed by atoms with Crippen LogP contribution < -0.4 is 0 Å². The smallest absolute Gasteiger partial charge is 0.338 e. The largest absolute Gasteiger partial charge is 0.462 e. The quantitative estimate of drug-likeness (QED) is 0.690. The van der Waals surface area contributed by atoms with Crippen LogP contribution in [0.15, 0.2) is 30.3 Å². The SMILES string of the molecule is CC.CCCOC(=O)c1ccccc1. The maximum atomic E-state index is 11.2. The van der Waals surface area contributed by atoms with Crippen molar-refractivity contribution in [1.29, 1.82) is 0 Å². The molecule has 0 radical (unpaired) electrons. The lowest BCUT2D eigenvalue weighted by molar-refractivity contribution is 0.0505. The van der Waals surface area contributed by atoms with Gasteiger partial charge in [0.15, 0.2) is 0 Å². The summed E-state index contributed by atoms with van der Waals surface area (Å²) in [5.41, 5.74) is 0.617. The maximum absolute atomic E-state index is 11.2. The number of esters is 1. The average molecular weight is 194 g/mol. The van der Waals surface area contributed by atoms with Crippen LogP contribution in [0.2, 0.25) is 0 Å². The summed E-state index contributed by atoms with van der Waals surface area (Å²) in [6, 6.07) is 9.01. The summed E-state index contributed by atoms with van der Waals surface area (Å²) < 4.78 is 4.94. The number of hydrogen-bond donors (Lipinski definition) is 0. The minimum atomic E-state index is -0.238. The van der Waals surface area contributed by atoms with E-state index in [-0.39, 0.29) is 5.97 Å². The first kappa shape index (κ1) is 12.7. The van der Waals surface area contributed by atoms with E-state index in [1.165, 1.54) is 0 Å². The van der Waals surface area contributed by atoms with Crippen LogP contribution in [-0.4, -0.2) is 12.6 Å². The van der Waals surface area contributed by atoms with Crippen molar-refractivity contribution in [3.8, 4) is 0 Å². The Bertz CT molecular complexity index is 242. The Morgan fingerprint density at radius 1 is 1.21 bits per heavy atom. The van der Waals surface area contributed by atoms with E-state index in [2.05, 4.69) is 0 Å². The van der Waals surface area contributed by atoms with Gasteiger partial charge in [0.25, 0.3) is 0 Å². The minimum Gasteiger partial charge on any atom is -0.462 e. The fourth-order valence-electron chi connectivity index (χ4n) is 0.852. The number of carbonyl (C=O) groups excluding carboxylic acids is 1. The normalized spacial score (nSPS) is 8.50. The molecule has 14 heavy (non-hydrogen) atoms. The van der Waals surface area contributed by atoms with Gasteiger partial charge in [-0.3, -0.25) is 0 Å². The lowest BCUT2D eigenvalue weighted by Crippen LogP contribution is -2.05. The molecular formula is C12H18O2. The summed E-state index contributed by atoms with van der Waals surface area (Å²) in [5.74, 6) is -0.238. The van der Waals surface area contributed by atoms with Gasteiger partial charge in [-0.05, 0) is 18.6 Å². The highest BCUT2D eigenvalue weighted by atomic mass is 16.5. The number of rotatable bonds is 3. The molecule has 0 spiro atoms. The van der Waals surface area contributed by atoms with Crippen molar-refractivity contribution in [3.05, 3.63) is 35.9 Å². The Morgan fingerprint density at radius 3 is 2.29 bits per heavy atom. The van der Waals surface area contributed by atoms with Crippen molar-refractivity contribution >= 4 is 5.97 Å². The van der Waals surface area contributed by atoms with Crippen LogP contribution in [0.3, 0.4) is 0 Å². The van der Waals surface area contributed by atoms with E-state index in [0.717, 1.165) is 6.42 Å². The van der Waals surface area contributed by atoms with Crippen LogP contribution in [-0.2, 0) is 4.74 Å². The van der Waals surface area contributed by atoms with Crippen molar-refractivity contribution in [2.24, 2.45) is 0 Å². The van der Waals surface area contributed by atoms with E-state index in [4.69, 9.17) is 4.74 Å². The van der Waals surface area contributed by atoms with Crippen LogP contribution in [0.5, 0.6) is 0 Å². The molecule has 1 aromatic carbocycles. The van der Waals surface area contributed by atoms with Gasteiger partial charge in [0, 0.05) is 0 Å². The van der Waals surface area contributed by atoms with Crippen molar-refractivity contribution in [2.75, 3.05) is 6.61 Å². The predicted molar refractivity (Wildman–Crippen MR) is 58.4 cm³/mol. The van der Waals surface area contributed by atoms with Gasteiger partial charge < -0.3 is 4.74 Å². The van der Waals surface area contributed by atoms with Gasteiger partial charge in [-0.25, -0.2) is 4.79 Å². The second kappa shape index (κ2) is 8.30. The van der Waals surface area contributed by atoms with Crippen molar-refractivity contribution in [3.63, 3.8) is 0 Å². The highest BCUT2D eigenvalue weighted by Crippen LogP contribution is 2.00. The fraction of sp³-hybridized carbons (Fsp3) is 0.417.